The molecule has 0 saturated carbocycles. The standard InChI is InChI=1S/C15H16N6OS/c1-10-7-17-15-18-13(19-21(15)8-10)14(22)20-4-2-11(9-20)6-12-16-3-5-23-12/h3,5,7-8,11H,2,4,6,9H2,1H3. The molecule has 0 aromatic carbocycles. The van der Waals surface area contributed by atoms with Crippen LogP contribution in [0, 0.1) is 12.8 Å². The van der Waals surface area contributed by atoms with Crippen LogP contribution in [0.15, 0.2) is 24.0 Å². The topological polar surface area (TPSA) is 76.3 Å². The van der Waals surface area contributed by atoms with Gasteiger partial charge in [0.05, 0.1) is 5.01 Å². The minimum atomic E-state index is -0.116. The molecular formula is C15H16N6OS. The first-order chi connectivity index (χ1) is 11.2. The molecule has 1 atom stereocenters. The number of fused-ring (bicyclic) bond motifs is 1. The van der Waals surface area contributed by atoms with E-state index in [0.717, 1.165) is 36.5 Å². The lowest BCUT2D eigenvalue weighted by atomic mass is 10.1. The second-order valence-electron chi connectivity index (χ2n) is 5.85. The molecule has 3 aromatic heterocycles. The van der Waals surface area contributed by atoms with E-state index in [1.807, 2.05) is 29.6 Å². The van der Waals surface area contributed by atoms with Gasteiger partial charge in [-0.25, -0.2) is 14.5 Å². The van der Waals surface area contributed by atoms with Crippen LogP contribution in [-0.2, 0) is 6.42 Å². The van der Waals surface area contributed by atoms with Crippen molar-refractivity contribution >= 4 is 23.0 Å². The van der Waals surface area contributed by atoms with Crippen molar-refractivity contribution in [2.24, 2.45) is 5.92 Å². The first-order valence-corrected chi connectivity index (χ1v) is 8.43. The average molecular weight is 328 g/mol. The fourth-order valence-corrected chi connectivity index (χ4v) is 3.62. The van der Waals surface area contributed by atoms with Crippen molar-refractivity contribution in [3.63, 3.8) is 0 Å². The highest BCUT2D eigenvalue weighted by Gasteiger charge is 2.29. The van der Waals surface area contributed by atoms with Crippen molar-refractivity contribution in [1.82, 2.24) is 29.5 Å². The van der Waals surface area contributed by atoms with Crippen LogP contribution in [0.3, 0.4) is 0 Å². The van der Waals surface area contributed by atoms with E-state index in [1.54, 1.807) is 22.0 Å². The van der Waals surface area contributed by atoms with E-state index in [-0.39, 0.29) is 11.7 Å². The summed E-state index contributed by atoms with van der Waals surface area (Å²) in [5.74, 6) is 1.02. The smallest absolute Gasteiger partial charge is 0.293 e. The Labute approximate surface area is 137 Å². The van der Waals surface area contributed by atoms with Crippen LogP contribution in [-0.4, -0.2) is 48.5 Å². The van der Waals surface area contributed by atoms with Crippen molar-refractivity contribution in [3.05, 3.63) is 40.4 Å². The van der Waals surface area contributed by atoms with E-state index >= 15 is 0 Å². The molecule has 1 amide bonds. The van der Waals surface area contributed by atoms with Gasteiger partial charge in [-0.05, 0) is 24.8 Å². The van der Waals surface area contributed by atoms with Crippen molar-refractivity contribution in [1.29, 1.82) is 0 Å². The largest absolute Gasteiger partial charge is 0.336 e. The molecule has 0 bridgehead atoms. The second kappa shape index (κ2) is 5.69. The third-order valence-corrected chi connectivity index (χ3v) is 4.84. The van der Waals surface area contributed by atoms with E-state index < -0.39 is 0 Å². The molecule has 3 aromatic rings. The fourth-order valence-electron chi connectivity index (χ4n) is 2.89. The first-order valence-electron chi connectivity index (χ1n) is 7.56. The Morgan fingerprint density at radius 1 is 1.43 bits per heavy atom. The summed E-state index contributed by atoms with van der Waals surface area (Å²) in [4.78, 5) is 27.2. The molecule has 7 nitrogen and oxygen atoms in total. The zero-order valence-electron chi connectivity index (χ0n) is 12.7. The van der Waals surface area contributed by atoms with Crippen molar-refractivity contribution in [2.75, 3.05) is 13.1 Å². The summed E-state index contributed by atoms with van der Waals surface area (Å²) in [6, 6.07) is 0. The number of amides is 1. The number of likely N-dealkylation sites (tertiary alicyclic amines) is 1. The number of thiazole rings is 1. The molecule has 0 N–H and O–H groups in total. The zero-order chi connectivity index (χ0) is 15.8. The summed E-state index contributed by atoms with van der Waals surface area (Å²) >= 11 is 1.67. The second-order valence-corrected chi connectivity index (χ2v) is 6.83. The van der Waals surface area contributed by atoms with Gasteiger partial charge in [0.15, 0.2) is 0 Å². The Morgan fingerprint density at radius 2 is 2.35 bits per heavy atom. The Balaban J connectivity index is 1.48. The molecule has 0 radical (unpaired) electrons. The third kappa shape index (κ3) is 2.81. The minimum absolute atomic E-state index is 0.116. The highest BCUT2D eigenvalue weighted by atomic mass is 32.1. The number of rotatable bonds is 3. The van der Waals surface area contributed by atoms with Gasteiger partial charge < -0.3 is 4.90 Å². The van der Waals surface area contributed by atoms with E-state index in [4.69, 9.17) is 0 Å². The predicted octanol–water partition coefficient (Wildman–Crippen LogP) is 1.59. The summed E-state index contributed by atoms with van der Waals surface area (Å²) in [6.07, 6.45) is 7.30. The van der Waals surface area contributed by atoms with Crippen LogP contribution < -0.4 is 0 Å². The molecule has 0 aliphatic carbocycles. The van der Waals surface area contributed by atoms with Crippen LogP contribution >= 0.6 is 11.3 Å². The molecule has 1 fully saturated rings. The number of hydrogen-bond acceptors (Lipinski definition) is 6. The summed E-state index contributed by atoms with van der Waals surface area (Å²) in [5, 5.41) is 7.38. The summed E-state index contributed by atoms with van der Waals surface area (Å²) in [7, 11) is 0. The Kier molecular flexibility index (Phi) is 3.53. The number of hydrogen-bond donors (Lipinski definition) is 0. The summed E-state index contributed by atoms with van der Waals surface area (Å²) in [6.45, 7) is 3.41. The van der Waals surface area contributed by atoms with E-state index in [1.165, 1.54) is 0 Å². The molecular weight excluding hydrogens is 312 g/mol. The minimum Gasteiger partial charge on any atom is -0.336 e. The lowest BCUT2D eigenvalue weighted by molar-refractivity contribution is 0.0775. The number of carbonyl (C=O) groups is 1. The van der Waals surface area contributed by atoms with Crippen LogP contribution in [0.1, 0.15) is 27.6 Å². The van der Waals surface area contributed by atoms with Gasteiger partial charge >= 0.3 is 0 Å². The average Bonchev–Trinajstić information content (AvgIpc) is 3.26. The molecule has 8 heteroatoms. The van der Waals surface area contributed by atoms with Crippen LogP contribution in [0.25, 0.3) is 5.78 Å². The van der Waals surface area contributed by atoms with E-state index in [2.05, 4.69) is 20.1 Å². The maximum absolute atomic E-state index is 12.6. The van der Waals surface area contributed by atoms with Gasteiger partial charge in [-0.15, -0.1) is 16.4 Å². The molecule has 1 aliphatic heterocycles. The summed E-state index contributed by atoms with van der Waals surface area (Å²) < 4.78 is 1.56. The number of nitrogens with zero attached hydrogens (tertiary/aromatic N) is 6. The molecule has 23 heavy (non-hydrogen) atoms. The molecule has 0 spiro atoms. The molecule has 4 heterocycles. The zero-order valence-corrected chi connectivity index (χ0v) is 13.5. The quantitative estimate of drug-likeness (QED) is 0.730. The van der Waals surface area contributed by atoms with Crippen LogP contribution in [0.5, 0.6) is 0 Å². The van der Waals surface area contributed by atoms with E-state index in [9.17, 15) is 4.79 Å². The molecule has 4 rings (SSSR count). The molecule has 118 valence electrons. The van der Waals surface area contributed by atoms with Crippen molar-refractivity contribution < 1.29 is 4.79 Å². The Morgan fingerprint density at radius 3 is 3.17 bits per heavy atom. The molecule has 1 unspecified atom stereocenters. The SMILES string of the molecule is Cc1cnc2nc(C(=O)N3CCC(Cc4nccs4)C3)nn2c1. The Bertz CT molecular complexity index is 843. The highest BCUT2D eigenvalue weighted by molar-refractivity contribution is 7.09. The number of aromatic nitrogens is 5. The van der Waals surface area contributed by atoms with Gasteiger partial charge in [0, 0.05) is 43.5 Å². The Hall–Kier alpha value is -2.35. The predicted molar refractivity (Wildman–Crippen MR) is 85.3 cm³/mol. The van der Waals surface area contributed by atoms with Gasteiger partial charge in [-0.1, -0.05) is 0 Å². The fraction of sp³-hybridized carbons (Fsp3) is 0.400. The molecule has 1 saturated heterocycles. The number of carbonyl (C=O) groups excluding carboxylic acids is 1. The van der Waals surface area contributed by atoms with Crippen LogP contribution in [0.4, 0.5) is 0 Å². The summed E-state index contributed by atoms with van der Waals surface area (Å²) in [5.41, 5.74) is 0.978. The number of aryl methyl sites for hydroxylation is 1. The normalized spacial score (nSPS) is 18.0. The highest BCUT2D eigenvalue weighted by Crippen LogP contribution is 2.22. The first kappa shape index (κ1) is 14.3. The lowest BCUT2D eigenvalue weighted by Crippen LogP contribution is -2.29. The maximum atomic E-state index is 12.6. The van der Waals surface area contributed by atoms with Gasteiger partial charge in [0.25, 0.3) is 11.7 Å². The van der Waals surface area contributed by atoms with Gasteiger partial charge in [-0.3, -0.25) is 4.79 Å². The monoisotopic (exact) mass is 328 g/mol. The van der Waals surface area contributed by atoms with Crippen molar-refractivity contribution in [3.8, 4) is 0 Å². The lowest BCUT2D eigenvalue weighted by Gasteiger charge is -2.13. The molecule has 1 aliphatic rings. The van der Waals surface area contributed by atoms with Gasteiger partial charge in [0.2, 0.25) is 5.82 Å². The van der Waals surface area contributed by atoms with Gasteiger partial charge in [0.1, 0.15) is 0 Å². The maximum Gasteiger partial charge on any atom is 0.293 e. The van der Waals surface area contributed by atoms with Crippen molar-refractivity contribution in [2.45, 2.75) is 19.8 Å². The van der Waals surface area contributed by atoms with Gasteiger partial charge in [-0.2, -0.15) is 4.98 Å². The third-order valence-electron chi connectivity index (χ3n) is 4.03. The van der Waals surface area contributed by atoms with E-state index in [0.29, 0.717) is 11.7 Å². The van der Waals surface area contributed by atoms with Crippen LogP contribution in [0.2, 0.25) is 0 Å².